The van der Waals surface area contributed by atoms with Gasteiger partial charge < -0.3 is 28.8 Å². The summed E-state index contributed by atoms with van der Waals surface area (Å²) >= 11 is 4.96. The van der Waals surface area contributed by atoms with E-state index in [1.807, 2.05) is 24.3 Å². The quantitative estimate of drug-likeness (QED) is 0.612. The number of alkyl halides is 1. The SMILES string of the molecule is COCCl.COCOc1ccccc1OC.COc1ccccc1O. The molecule has 0 bridgehead atoms. The van der Waals surface area contributed by atoms with Crippen molar-refractivity contribution in [1.29, 1.82) is 0 Å². The lowest BCUT2D eigenvalue weighted by atomic mass is 10.3. The molecule has 0 aliphatic carbocycles. The highest BCUT2D eigenvalue weighted by atomic mass is 35.5. The van der Waals surface area contributed by atoms with Crippen LogP contribution in [0, 0.1) is 0 Å². The van der Waals surface area contributed by atoms with E-state index in [1.54, 1.807) is 45.6 Å². The molecule has 0 fully saturated rings. The van der Waals surface area contributed by atoms with Crippen molar-refractivity contribution in [2.24, 2.45) is 0 Å². The summed E-state index contributed by atoms with van der Waals surface area (Å²) in [5, 5.41) is 8.99. The molecule has 0 unspecified atom stereocenters. The molecule has 0 saturated carbocycles. The number of methoxy groups -OCH3 is 4. The Bertz CT molecular complexity index is 563. The van der Waals surface area contributed by atoms with Crippen molar-refractivity contribution in [2.75, 3.05) is 41.3 Å². The van der Waals surface area contributed by atoms with Crippen LogP contribution in [0.2, 0.25) is 0 Å². The standard InChI is InChI=1S/C9H12O3.C7H8O2.C2H5ClO/c1-10-7-12-9-6-4-3-5-8(9)11-2;1-9-7-5-3-2-4-6(7)8;1-4-2-3/h3-6H,7H2,1-2H3;2-5,8H,1H3;2H2,1H3. The summed E-state index contributed by atoms with van der Waals surface area (Å²) in [6.07, 6.45) is 0. The largest absolute Gasteiger partial charge is 0.504 e. The first-order valence-electron chi connectivity index (χ1n) is 7.26. The molecule has 0 aromatic heterocycles. The number of hydrogen-bond donors (Lipinski definition) is 1. The van der Waals surface area contributed by atoms with Crippen molar-refractivity contribution >= 4 is 11.6 Å². The third-order valence-electron chi connectivity index (χ3n) is 2.60. The van der Waals surface area contributed by atoms with Gasteiger partial charge in [-0.2, -0.15) is 0 Å². The molecule has 2 aromatic carbocycles. The van der Waals surface area contributed by atoms with Gasteiger partial charge in [0.2, 0.25) is 0 Å². The van der Waals surface area contributed by atoms with Gasteiger partial charge in [0, 0.05) is 14.2 Å². The molecule has 2 rings (SSSR count). The van der Waals surface area contributed by atoms with Crippen LogP contribution >= 0.6 is 11.6 Å². The molecular formula is C18H25ClO6. The summed E-state index contributed by atoms with van der Waals surface area (Å²) in [5.41, 5.74) is 0. The normalized spacial score (nSPS) is 9.00. The molecule has 0 amide bonds. The van der Waals surface area contributed by atoms with E-state index in [9.17, 15) is 0 Å². The molecule has 0 spiro atoms. The van der Waals surface area contributed by atoms with Gasteiger partial charge in [-0.05, 0) is 24.3 Å². The second-order valence-corrected chi connectivity index (χ2v) is 4.49. The van der Waals surface area contributed by atoms with Crippen LogP contribution in [0.4, 0.5) is 0 Å². The van der Waals surface area contributed by atoms with E-state index >= 15 is 0 Å². The molecule has 25 heavy (non-hydrogen) atoms. The summed E-state index contributed by atoms with van der Waals surface area (Å²) in [7, 11) is 6.26. The number of phenolic OH excluding ortho intramolecular Hbond substituents is 1. The lowest BCUT2D eigenvalue weighted by molar-refractivity contribution is 0.0491. The van der Waals surface area contributed by atoms with E-state index in [-0.39, 0.29) is 12.5 Å². The lowest BCUT2D eigenvalue weighted by Crippen LogP contribution is -2.00. The topological polar surface area (TPSA) is 66.4 Å². The van der Waals surface area contributed by atoms with Gasteiger partial charge in [0.05, 0.1) is 14.2 Å². The van der Waals surface area contributed by atoms with Gasteiger partial charge >= 0.3 is 0 Å². The first-order valence-corrected chi connectivity index (χ1v) is 7.79. The van der Waals surface area contributed by atoms with Crippen LogP contribution < -0.4 is 14.2 Å². The second kappa shape index (κ2) is 15.4. The Balaban J connectivity index is 0.000000391. The number of ether oxygens (including phenoxy) is 5. The average Bonchev–Trinajstić information content (AvgIpc) is 2.67. The molecule has 140 valence electrons. The van der Waals surface area contributed by atoms with E-state index in [1.165, 1.54) is 7.11 Å². The highest BCUT2D eigenvalue weighted by molar-refractivity contribution is 6.17. The smallest absolute Gasteiger partial charge is 0.188 e. The van der Waals surface area contributed by atoms with Crippen molar-refractivity contribution < 1.29 is 28.8 Å². The molecule has 0 saturated heterocycles. The molecule has 1 N–H and O–H groups in total. The molecular weight excluding hydrogens is 348 g/mol. The summed E-state index contributed by atoms with van der Waals surface area (Å²) < 4.78 is 24.2. The maximum absolute atomic E-state index is 8.99. The molecule has 0 radical (unpaired) electrons. The summed E-state index contributed by atoms with van der Waals surface area (Å²) in [5.74, 6) is 2.11. The minimum absolute atomic E-state index is 0.181. The van der Waals surface area contributed by atoms with Gasteiger partial charge in [0.25, 0.3) is 0 Å². The van der Waals surface area contributed by atoms with E-state index < -0.39 is 0 Å². The van der Waals surface area contributed by atoms with Crippen molar-refractivity contribution in [3.05, 3.63) is 48.5 Å². The Kier molecular flexibility index (Phi) is 14.1. The van der Waals surface area contributed by atoms with E-state index in [4.69, 9.17) is 35.7 Å². The molecule has 0 aliphatic rings. The minimum Gasteiger partial charge on any atom is -0.504 e. The monoisotopic (exact) mass is 372 g/mol. The number of hydrogen-bond acceptors (Lipinski definition) is 6. The van der Waals surface area contributed by atoms with E-state index in [2.05, 4.69) is 4.74 Å². The molecule has 0 heterocycles. The van der Waals surface area contributed by atoms with Crippen molar-refractivity contribution in [1.82, 2.24) is 0 Å². The van der Waals surface area contributed by atoms with Gasteiger partial charge in [-0.25, -0.2) is 0 Å². The fraction of sp³-hybridized carbons (Fsp3) is 0.333. The number of para-hydroxylation sites is 4. The third kappa shape index (κ3) is 10.3. The third-order valence-corrected chi connectivity index (χ3v) is 2.81. The van der Waals surface area contributed by atoms with E-state index in [0.29, 0.717) is 17.6 Å². The van der Waals surface area contributed by atoms with Crippen LogP contribution in [0.3, 0.4) is 0 Å². The van der Waals surface area contributed by atoms with Crippen LogP contribution in [-0.4, -0.2) is 46.4 Å². The van der Waals surface area contributed by atoms with Crippen LogP contribution in [-0.2, 0) is 9.47 Å². The Morgan fingerprint density at radius 2 is 1.24 bits per heavy atom. The average molecular weight is 373 g/mol. The highest BCUT2D eigenvalue weighted by Crippen LogP contribution is 2.25. The fourth-order valence-corrected chi connectivity index (χ4v) is 1.49. The Morgan fingerprint density at radius 1 is 0.760 bits per heavy atom. The Morgan fingerprint density at radius 3 is 1.64 bits per heavy atom. The number of aromatic hydroxyl groups is 1. The predicted octanol–water partition coefficient (Wildman–Crippen LogP) is 3.91. The maximum atomic E-state index is 8.99. The molecule has 7 heteroatoms. The lowest BCUT2D eigenvalue weighted by Gasteiger charge is -2.08. The number of benzene rings is 2. The molecule has 0 aliphatic heterocycles. The zero-order chi connectivity index (χ0) is 18.9. The first kappa shape index (κ1) is 22.9. The fourth-order valence-electron chi connectivity index (χ4n) is 1.49. The summed E-state index contributed by atoms with van der Waals surface area (Å²) in [6.45, 7) is 0.236. The first-order chi connectivity index (χ1) is 12.1. The van der Waals surface area contributed by atoms with Crippen molar-refractivity contribution in [2.45, 2.75) is 0 Å². The van der Waals surface area contributed by atoms with Crippen molar-refractivity contribution in [3.63, 3.8) is 0 Å². The zero-order valence-electron chi connectivity index (χ0n) is 14.9. The van der Waals surface area contributed by atoms with Crippen LogP contribution in [0.25, 0.3) is 0 Å². The van der Waals surface area contributed by atoms with Crippen LogP contribution in [0.15, 0.2) is 48.5 Å². The second-order valence-electron chi connectivity index (χ2n) is 4.27. The Hall–Kier alpha value is -2.15. The number of halogens is 1. The maximum Gasteiger partial charge on any atom is 0.188 e. The summed E-state index contributed by atoms with van der Waals surface area (Å²) in [6, 6.07) is 14.6. The number of rotatable bonds is 6. The van der Waals surface area contributed by atoms with Crippen LogP contribution in [0.5, 0.6) is 23.0 Å². The summed E-state index contributed by atoms with van der Waals surface area (Å²) in [4.78, 5) is 0. The number of phenols is 1. The molecule has 0 atom stereocenters. The molecule has 2 aromatic rings. The minimum atomic E-state index is 0.181. The highest BCUT2D eigenvalue weighted by Gasteiger charge is 2.00. The Labute approximate surface area is 153 Å². The van der Waals surface area contributed by atoms with Crippen molar-refractivity contribution in [3.8, 4) is 23.0 Å². The van der Waals surface area contributed by atoms with Gasteiger partial charge in [-0.15, -0.1) is 0 Å². The van der Waals surface area contributed by atoms with Crippen LogP contribution in [0.1, 0.15) is 0 Å². The van der Waals surface area contributed by atoms with Gasteiger partial charge in [0.15, 0.2) is 29.8 Å². The van der Waals surface area contributed by atoms with Gasteiger partial charge in [-0.1, -0.05) is 35.9 Å². The van der Waals surface area contributed by atoms with Gasteiger partial charge in [0.1, 0.15) is 6.07 Å². The zero-order valence-corrected chi connectivity index (χ0v) is 15.7. The van der Waals surface area contributed by atoms with Gasteiger partial charge in [-0.3, -0.25) is 0 Å². The van der Waals surface area contributed by atoms with E-state index in [0.717, 1.165) is 5.75 Å². The molecule has 6 nitrogen and oxygen atoms in total. The predicted molar refractivity (Wildman–Crippen MR) is 97.9 cm³/mol.